The van der Waals surface area contributed by atoms with Gasteiger partial charge in [0, 0.05) is 18.5 Å². The van der Waals surface area contributed by atoms with Crippen LogP contribution in [0.25, 0.3) is 32.9 Å². The molecule has 33 heavy (non-hydrogen) atoms. The number of hydrogen-bond acceptors (Lipinski definition) is 9. The summed E-state index contributed by atoms with van der Waals surface area (Å²) >= 11 is 2.75. The van der Waals surface area contributed by atoms with E-state index in [1.54, 1.807) is 18.4 Å². The summed E-state index contributed by atoms with van der Waals surface area (Å²) in [6, 6.07) is 13.4. The second-order valence-electron chi connectivity index (χ2n) is 7.77. The fourth-order valence-corrected chi connectivity index (χ4v) is 6.94. The lowest BCUT2D eigenvalue weighted by molar-refractivity contribution is -0.128. The molecule has 0 unspecified atom stereocenters. The predicted octanol–water partition coefficient (Wildman–Crippen LogP) is 3.75. The van der Waals surface area contributed by atoms with Crippen molar-refractivity contribution < 1.29 is 17.6 Å². The molecule has 1 aromatic carbocycles. The highest BCUT2D eigenvalue weighted by molar-refractivity contribution is 7.99. The van der Waals surface area contributed by atoms with Crippen molar-refractivity contribution >= 4 is 49.7 Å². The molecule has 1 aliphatic heterocycles. The Morgan fingerprint density at radius 1 is 1.24 bits per heavy atom. The van der Waals surface area contributed by atoms with Crippen molar-refractivity contribution in [3.8, 4) is 22.0 Å². The zero-order valence-corrected chi connectivity index (χ0v) is 20.1. The van der Waals surface area contributed by atoms with Gasteiger partial charge < -0.3 is 9.32 Å². The average molecular weight is 501 g/mol. The Kier molecular flexibility index (Phi) is 5.94. The molecule has 0 radical (unpaired) electrons. The van der Waals surface area contributed by atoms with Crippen LogP contribution in [0.5, 0.6) is 0 Å². The number of thiophene rings is 1. The first-order chi connectivity index (χ1) is 15.9. The van der Waals surface area contributed by atoms with Gasteiger partial charge in [-0.2, -0.15) is 0 Å². The van der Waals surface area contributed by atoms with E-state index in [9.17, 15) is 13.2 Å². The average Bonchev–Trinajstić information content (AvgIpc) is 3.57. The maximum Gasteiger partial charge on any atom is 0.277 e. The third-order valence-corrected chi connectivity index (χ3v) is 9.04. The van der Waals surface area contributed by atoms with E-state index in [-0.39, 0.29) is 34.4 Å². The molecule has 8 nitrogen and oxygen atoms in total. The minimum Gasteiger partial charge on any atom is -0.411 e. The molecule has 0 bridgehead atoms. The molecule has 0 spiro atoms. The standard InChI is InChI=1S/C22H20N4O4S3/c1-26(14-8-10-33(28,29)13-14)20(27)12-32-22-25-24-21(30-22)16-11-18(19-7-4-9-31-19)23-17-6-3-2-5-15(16)17/h2-7,9,11,14H,8,10,12-13H2,1H3/t14-/m1/s1. The zero-order chi connectivity index (χ0) is 23.0. The summed E-state index contributed by atoms with van der Waals surface area (Å²) in [5.41, 5.74) is 2.44. The Morgan fingerprint density at radius 2 is 2.09 bits per heavy atom. The van der Waals surface area contributed by atoms with Crippen LogP contribution >= 0.6 is 23.1 Å². The topological polar surface area (TPSA) is 106 Å². The predicted molar refractivity (Wildman–Crippen MR) is 129 cm³/mol. The maximum absolute atomic E-state index is 12.6. The van der Waals surface area contributed by atoms with Crippen molar-refractivity contribution in [1.82, 2.24) is 20.1 Å². The number of carbonyl (C=O) groups excluding carboxylic acids is 1. The lowest BCUT2D eigenvalue weighted by Crippen LogP contribution is -2.38. The van der Waals surface area contributed by atoms with Crippen LogP contribution in [0.4, 0.5) is 0 Å². The third-order valence-electron chi connectivity index (χ3n) is 5.60. The Balaban J connectivity index is 1.35. The first-order valence-corrected chi connectivity index (χ1v) is 13.9. The zero-order valence-electron chi connectivity index (χ0n) is 17.7. The highest BCUT2D eigenvalue weighted by Crippen LogP contribution is 2.34. The molecule has 11 heteroatoms. The lowest BCUT2D eigenvalue weighted by atomic mass is 10.1. The van der Waals surface area contributed by atoms with Crippen LogP contribution in [-0.2, 0) is 14.6 Å². The van der Waals surface area contributed by atoms with Crippen LogP contribution < -0.4 is 0 Å². The number of pyridine rings is 1. The highest BCUT2D eigenvalue weighted by Gasteiger charge is 2.32. The van der Waals surface area contributed by atoms with E-state index < -0.39 is 9.84 Å². The molecule has 1 fully saturated rings. The molecule has 4 aromatic rings. The van der Waals surface area contributed by atoms with E-state index in [2.05, 4.69) is 10.2 Å². The van der Waals surface area contributed by atoms with Crippen molar-refractivity contribution in [2.75, 3.05) is 24.3 Å². The molecule has 1 atom stereocenters. The van der Waals surface area contributed by atoms with Crippen LogP contribution in [0.3, 0.4) is 0 Å². The van der Waals surface area contributed by atoms with E-state index in [1.807, 2.05) is 47.8 Å². The SMILES string of the molecule is CN(C(=O)CSc1nnc(-c2cc(-c3cccs3)nc3ccccc23)o1)[C@@H]1CCS(=O)(=O)C1. The van der Waals surface area contributed by atoms with E-state index in [0.29, 0.717) is 12.3 Å². The minimum atomic E-state index is -3.05. The second kappa shape index (κ2) is 8.88. The number of sulfone groups is 1. The maximum atomic E-state index is 12.6. The van der Waals surface area contributed by atoms with Crippen LogP contribution in [0.15, 0.2) is 57.5 Å². The fraction of sp³-hybridized carbons (Fsp3) is 0.273. The molecule has 0 N–H and O–H groups in total. The summed E-state index contributed by atoms with van der Waals surface area (Å²) in [5.74, 6) is 0.425. The number of rotatable bonds is 6. The van der Waals surface area contributed by atoms with Gasteiger partial charge in [-0.05, 0) is 30.0 Å². The molecule has 0 saturated carbocycles. The van der Waals surface area contributed by atoms with Gasteiger partial charge >= 0.3 is 0 Å². The van der Waals surface area contributed by atoms with Crippen LogP contribution in [0.2, 0.25) is 0 Å². The molecule has 3 aromatic heterocycles. The monoisotopic (exact) mass is 500 g/mol. The first-order valence-electron chi connectivity index (χ1n) is 10.3. The van der Waals surface area contributed by atoms with E-state index in [4.69, 9.17) is 9.40 Å². The van der Waals surface area contributed by atoms with Gasteiger partial charge in [-0.3, -0.25) is 4.79 Å². The molecule has 4 heterocycles. The molecule has 170 valence electrons. The van der Waals surface area contributed by atoms with Gasteiger partial charge in [0.05, 0.1) is 38.9 Å². The Labute approximate surface area is 199 Å². The summed E-state index contributed by atoms with van der Waals surface area (Å²) in [7, 11) is -1.41. The normalized spacial score (nSPS) is 17.4. The Hall–Kier alpha value is -2.76. The smallest absolute Gasteiger partial charge is 0.277 e. The summed E-state index contributed by atoms with van der Waals surface area (Å²) < 4.78 is 29.3. The van der Waals surface area contributed by atoms with Crippen molar-refractivity contribution in [3.63, 3.8) is 0 Å². The minimum absolute atomic E-state index is 0.0201. The Bertz CT molecular complexity index is 1420. The number of thioether (sulfide) groups is 1. The van der Waals surface area contributed by atoms with E-state index in [0.717, 1.165) is 38.8 Å². The van der Waals surface area contributed by atoms with E-state index >= 15 is 0 Å². The summed E-state index contributed by atoms with van der Waals surface area (Å²) in [5, 5.41) is 11.5. The van der Waals surface area contributed by atoms with Crippen LogP contribution in [0, 0.1) is 0 Å². The molecule has 0 aliphatic carbocycles. The number of benzene rings is 1. The van der Waals surface area contributed by atoms with Gasteiger partial charge in [0.15, 0.2) is 9.84 Å². The highest BCUT2D eigenvalue weighted by atomic mass is 32.2. The van der Waals surface area contributed by atoms with Crippen molar-refractivity contribution in [1.29, 1.82) is 0 Å². The molecular weight excluding hydrogens is 480 g/mol. The van der Waals surface area contributed by atoms with Crippen molar-refractivity contribution in [2.45, 2.75) is 17.7 Å². The number of aromatic nitrogens is 3. The van der Waals surface area contributed by atoms with Gasteiger partial charge in [0.2, 0.25) is 11.8 Å². The largest absolute Gasteiger partial charge is 0.411 e. The number of fused-ring (bicyclic) bond motifs is 1. The van der Waals surface area contributed by atoms with Crippen molar-refractivity contribution in [2.24, 2.45) is 0 Å². The number of para-hydroxylation sites is 1. The summed E-state index contributed by atoms with van der Waals surface area (Å²) in [6.07, 6.45) is 0.474. The summed E-state index contributed by atoms with van der Waals surface area (Å²) in [6.45, 7) is 0. The molecule has 1 amide bonds. The van der Waals surface area contributed by atoms with Crippen LogP contribution in [0.1, 0.15) is 6.42 Å². The van der Waals surface area contributed by atoms with Gasteiger partial charge in [0.25, 0.3) is 5.22 Å². The molecular formula is C22H20N4O4S3. The van der Waals surface area contributed by atoms with Crippen LogP contribution in [-0.4, -0.2) is 64.8 Å². The number of carbonyl (C=O) groups is 1. The van der Waals surface area contributed by atoms with Gasteiger partial charge in [0.1, 0.15) is 0 Å². The van der Waals surface area contributed by atoms with Crippen molar-refractivity contribution in [3.05, 3.63) is 47.8 Å². The fourth-order valence-electron chi connectivity index (χ4n) is 3.79. The van der Waals surface area contributed by atoms with Gasteiger partial charge in [-0.25, -0.2) is 13.4 Å². The first kappa shape index (κ1) is 22.1. The second-order valence-corrected chi connectivity index (χ2v) is 11.9. The molecule has 1 aliphatic rings. The molecule has 5 rings (SSSR count). The molecule has 1 saturated heterocycles. The number of hydrogen-bond donors (Lipinski definition) is 0. The van der Waals surface area contributed by atoms with E-state index in [1.165, 1.54) is 4.90 Å². The Morgan fingerprint density at radius 3 is 2.85 bits per heavy atom. The van der Waals surface area contributed by atoms with Gasteiger partial charge in [-0.15, -0.1) is 21.5 Å². The lowest BCUT2D eigenvalue weighted by Gasteiger charge is -2.22. The number of amides is 1. The quantitative estimate of drug-likeness (QED) is 0.369. The van der Waals surface area contributed by atoms with Gasteiger partial charge in [-0.1, -0.05) is 36.0 Å². The number of nitrogens with zero attached hydrogens (tertiary/aromatic N) is 4. The summed E-state index contributed by atoms with van der Waals surface area (Å²) in [4.78, 5) is 19.9. The third kappa shape index (κ3) is 4.66.